The fourth-order valence-corrected chi connectivity index (χ4v) is 1.59. The summed E-state index contributed by atoms with van der Waals surface area (Å²) >= 11 is 1.33. The first-order chi connectivity index (χ1) is 7.06. The largest absolute Gasteiger partial charge is 0.468 e. The Labute approximate surface area is 94.1 Å². The zero-order chi connectivity index (χ0) is 11.8. The van der Waals surface area contributed by atoms with Crippen molar-refractivity contribution >= 4 is 22.9 Å². The van der Waals surface area contributed by atoms with E-state index in [1.165, 1.54) is 18.9 Å². The van der Waals surface area contributed by atoms with Gasteiger partial charge in [0.15, 0.2) is 5.17 Å². The number of amidine groups is 1. The Morgan fingerprint density at radius 3 is 2.60 bits per heavy atom. The molecule has 0 heterocycles. The van der Waals surface area contributed by atoms with Gasteiger partial charge in [0.05, 0.1) is 7.11 Å². The standard InChI is InChI=1S/C9H15N3O2S/c1-7(2)12(5-8(13)14-3)9(15-4)11-6-10/h7H,5H2,1-4H3. The molecule has 0 unspecified atom stereocenters. The smallest absolute Gasteiger partial charge is 0.325 e. The number of nitrogens with zero attached hydrogens (tertiary/aromatic N) is 3. The second-order valence-corrected chi connectivity index (χ2v) is 3.77. The predicted octanol–water partition coefficient (Wildman–Crippen LogP) is 1.07. The third-order valence-electron chi connectivity index (χ3n) is 1.72. The molecule has 0 aromatic heterocycles. The van der Waals surface area contributed by atoms with E-state index < -0.39 is 0 Å². The van der Waals surface area contributed by atoms with Gasteiger partial charge in [-0.05, 0) is 20.1 Å². The van der Waals surface area contributed by atoms with Crippen LogP contribution in [0.15, 0.2) is 4.99 Å². The molecule has 0 aliphatic heterocycles. The number of thioether (sulfide) groups is 1. The zero-order valence-electron chi connectivity index (χ0n) is 9.35. The van der Waals surface area contributed by atoms with Gasteiger partial charge in [0.1, 0.15) is 6.54 Å². The maximum Gasteiger partial charge on any atom is 0.325 e. The molecule has 6 heteroatoms. The van der Waals surface area contributed by atoms with Gasteiger partial charge in [0.2, 0.25) is 6.19 Å². The van der Waals surface area contributed by atoms with Crippen molar-refractivity contribution < 1.29 is 9.53 Å². The fourth-order valence-electron chi connectivity index (χ4n) is 0.945. The van der Waals surface area contributed by atoms with Gasteiger partial charge in [-0.25, -0.2) is 0 Å². The van der Waals surface area contributed by atoms with Gasteiger partial charge in [0.25, 0.3) is 0 Å². The van der Waals surface area contributed by atoms with Crippen LogP contribution >= 0.6 is 11.8 Å². The van der Waals surface area contributed by atoms with Crippen molar-refractivity contribution in [2.45, 2.75) is 19.9 Å². The molecule has 0 fully saturated rings. The van der Waals surface area contributed by atoms with Crippen LogP contribution in [0.3, 0.4) is 0 Å². The molecule has 0 atom stereocenters. The van der Waals surface area contributed by atoms with Crippen molar-refractivity contribution in [3.05, 3.63) is 0 Å². The SMILES string of the molecule is COC(=O)CN(C(=NC#N)SC)C(C)C. The monoisotopic (exact) mass is 229 g/mol. The van der Waals surface area contributed by atoms with E-state index in [0.29, 0.717) is 5.17 Å². The lowest BCUT2D eigenvalue weighted by molar-refractivity contribution is -0.141. The predicted molar refractivity (Wildman–Crippen MR) is 60.4 cm³/mol. The number of esters is 1. The summed E-state index contributed by atoms with van der Waals surface area (Å²) in [6.07, 6.45) is 3.53. The van der Waals surface area contributed by atoms with Gasteiger partial charge >= 0.3 is 5.97 Å². The van der Waals surface area contributed by atoms with Crippen LogP contribution in [0.4, 0.5) is 0 Å². The summed E-state index contributed by atoms with van der Waals surface area (Å²) in [4.78, 5) is 16.5. The number of methoxy groups -OCH3 is 1. The second-order valence-electron chi connectivity index (χ2n) is 3.00. The molecule has 15 heavy (non-hydrogen) atoms. The number of rotatable bonds is 3. The number of carbonyl (C=O) groups is 1. The Hall–Kier alpha value is -1.22. The maximum atomic E-state index is 11.1. The molecule has 0 rings (SSSR count). The lowest BCUT2D eigenvalue weighted by Crippen LogP contribution is -2.39. The maximum absolute atomic E-state index is 11.1. The third kappa shape index (κ3) is 4.70. The zero-order valence-corrected chi connectivity index (χ0v) is 10.2. The molecule has 0 saturated heterocycles. The minimum atomic E-state index is -0.344. The van der Waals surface area contributed by atoms with Gasteiger partial charge in [-0.3, -0.25) is 4.79 Å². The fraction of sp³-hybridized carbons (Fsp3) is 0.667. The highest BCUT2D eigenvalue weighted by molar-refractivity contribution is 8.13. The molecule has 0 bridgehead atoms. The Morgan fingerprint density at radius 2 is 2.27 bits per heavy atom. The molecule has 0 radical (unpaired) electrons. The summed E-state index contributed by atoms with van der Waals surface area (Å²) in [7, 11) is 1.33. The highest BCUT2D eigenvalue weighted by atomic mass is 32.2. The number of hydrogen-bond acceptors (Lipinski definition) is 5. The molecule has 0 spiro atoms. The second kappa shape index (κ2) is 7.12. The molecular weight excluding hydrogens is 214 g/mol. The molecule has 0 amide bonds. The Kier molecular flexibility index (Phi) is 6.54. The van der Waals surface area contributed by atoms with E-state index in [9.17, 15) is 4.79 Å². The van der Waals surface area contributed by atoms with E-state index in [-0.39, 0.29) is 18.6 Å². The van der Waals surface area contributed by atoms with Crippen LogP contribution in [-0.4, -0.2) is 42.0 Å². The quantitative estimate of drug-likeness (QED) is 0.313. The summed E-state index contributed by atoms with van der Waals surface area (Å²) in [5.74, 6) is -0.344. The number of ether oxygens (including phenoxy) is 1. The molecule has 0 N–H and O–H groups in total. The molecule has 0 aliphatic rings. The van der Waals surface area contributed by atoms with Gasteiger partial charge in [-0.15, -0.1) is 4.99 Å². The summed E-state index contributed by atoms with van der Waals surface area (Å²) in [5.41, 5.74) is 0. The first kappa shape index (κ1) is 13.8. The minimum Gasteiger partial charge on any atom is -0.468 e. The first-order valence-corrected chi connectivity index (χ1v) is 5.63. The average molecular weight is 229 g/mol. The van der Waals surface area contributed by atoms with Crippen molar-refractivity contribution in [2.75, 3.05) is 19.9 Å². The van der Waals surface area contributed by atoms with Gasteiger partial charge in [0, 0.05) is 6.04 Å². The number of aliphatic imine (C=N–C) groups is 1. The molecule has 0 aromatic carbocycles. The van der Waals surface area contributed by atoms with Gasteiger partial charge in [-0.1, -0.05) is 11.8 Å². The van der Waals surface area contributed by atoms with Crippen LogP contribution < -0.4 is 0 Å². The van der Waals surface area contributed by atoms with E-state index in [2.05, 4.69) is 9.73 Å². The first-order valence-electron chi connectivity index (χ1n) is 4.41. The topological polar surface area (TPSA) is 65.7 Å². The Bertz CT molecular complexity index is 284. The lowest BCUT2D eigenvalue weighted by atomic mass is 10.3. The van der Waals surface area contributed by atoms with Crippen LogP contribution in [0.2, 0.25) is 0 Å². The van der Waals surface area contributed by atoms with Crippen LogP contribution in [-0.2, 0) is 9.53 Å². The third-order valence-corrected chi connectivity index (χ3v) is 2.42. The average Bonchev–Trinajstić information content (AvgIpc) is 2.22. The summed E-state index contributed by atoms with van der Waals surface area (Å²) in [5, 5.41) is 9.02. The van der Waals surface area contributed by atoms with Crippen molar-refractivity contribution in [1.82, 2.24) is 4.90 Å². The highest BCUT2D eigenvalue weighted by Gasteiger charge is 2.18. The van der Waals surface area contributed by atoms with E-state index in [1.807, 2.05) is 20.1 Å². The number of nitriles is 1. The van der Waals surface area contributed by atoms with Crippen LogP contribution in [0, 0.1) is 11.5 Å². The van der Waals surface area contributed by atoms with Crippen molar-refractivity contribution in [3.63, 3.8) is 0 Å². The number of carbonyl (C=O) groups excluding carboxylic acids is 1. The summed E-state index contributed by atoms with van der Waals surface area (Å²) in [6.45, 7) is 3.95. The molecule has 0 aromatic rings. The van der Waals surface area contributed by atoms with Gasteiger partial charge in [-0.2, -0.15) is 5.26 Å². The minimum absolute atomic E-state index is 0.0867. The lowest BCUT2D eigenvalue weighted by Gasteiger charge is -2.26. The molecule has 5 nitrogen and oxygen atoms in total. The summed E-state index contributed by atoms with van der Waals surface area (Å²) in [6, 6.07) is 0.0867. The van der Waals surface area contributed by atoms with E-state index in [0.717, 1.165) is 0 Å². The molecular formula is C9H15N3O2S. The molecule has 84 valence electrons. The van der Waals surface area contributed by atoms with Crippen LogP contribution in [0.5, 0.6) is 0 Å². The van der Waals surface area contributed by atoms with E-state index in [1.54, 1.807) is 11.1 Å². The van der Waals surface area contributed by atoms with Crippen molar-refractivity contribution in [2.24, 2.45) is 4.99 Å². The number of hydrogen-bond donors (Lipinski definition) is 0. The van der Waals surface area contributed by atoms with E-state index in [4.69, 9.17) is 5.26 Å². The van der Waals surface area contributed by atoms with Gasteiger partial charge < -0.3 is 9.64 Å². The Balaban J connectivity index is 4.73. The molecule has 0 saturated carbocycles. The Morgan fingerprint density at radius 1 is 1.67 bits per heavy atom. The van der Waals surface area contributed by atoms with Crippen LogP contribution in [0.25, 0.3) is 0 Å². The normalized spacial score (nSPS) is 11.1. The van der Waals surface area contributed by atoms with Crippen molar-refractivity contribution in [1.29, 1.82) is 5.26 Å². The summed E-state index contributed by atoms with van der Waals surface area (Å²) < 4.78 is 4.58. The highest BCUT2D eigenvalue weighted by Crippen LogP contribution is 2.09. The molecule has 0 aliphatic carbocycles. The van der Waals surface area contributed by atoms with Crippen LogP contribution in [0.1, 0.15) is 13.8 Å². The van der Waals surface area contributed by atoms with Crippen molar-refractivity contribution in [3.8, 4) is 6.19 Å². The van der Waals surface area contributed by atoms with E-state index >= 15 is 0 Å².